The Morgan fingerprint density at radius 1 is 1.11 bits per heavy atom. The molecule has 0 fully saturated rings. The van der Waals surface area contributed by atoms with Gasteiger partial charge in [0, 0.05) is 34.2 Å². The van der Waals surface area contributed by atoms with Gasteiger partial charge in [-0.05, 0) is 42.0 Å². The molecule has 0 aliphatic rings. The highest BCUT2D eigenvalue weighted by Crippen LogP contribution is 2.29. The van der Waals surface area contributed by atoms with Crippen LogP contribution in [0.3, 0.4) is 0 Å². The number of carbonyl (C=O) groups excluding carboxylic acids is 1. The molecule has 0 saturated carbocycles. The molecule has 27 heavy (non-hydrogen) atoms. The van der Waals surface area contributed by atoms with Gasteiger partial charge in [-0.1, -0.05) is 39.8 Å². The highest BCUT2D eigenvalue weighted by Gasteiger charge is 2.13. The van der Waals surface area contributed by atoms with E-state index < -0.39 is 4.92 Å². The van der Waals surface area contributed by atoms with E-state index in [0.717, 1.165) is 14.9 Å². The zero-order chi connectivity index (χ0) is 19.2. The molecule has 1 aromatic heterocycles. The van der Waals surface area contributed by atoms with Gasteiger partial charge in [-0.3, -0.25) is 14.9 Å². The molecule has 0 atom stereocenters. The Balaban J connectivity index is 1.69. The summed E-state index contributed by atoms with van der Waals surface area (Å²) in [6, 6.07) is 17.3. The summed E-state index contributed by atoms with van der Waals surface area (Å²) in [7, 11) is 0. The van der Waals surface area contributed by atoms with Crippen LogP contribution in [0.25, 0.3) is 0 Å². The molecule has 2 aromatic carbocycles. The molecule has 136 valence electrons. The predicted molar refractivity (Wildman–Crippen MR) is 107 cm³/mol. The number of benzene rings is 2. The molecule has 0 spiro atoms. The number of hydrogen-bond acceptors (Lipinski definition) is 5. The number of rotatable bonds is 6. The van der Waals surface area contributed by atoms with Crippen molar-refractivity contribution < 1.29 is 9.72 Å². The number of carbonyl (C=O) groups is 1. The fourth-order valence-electron chi connectivity index (χ4n) is 2.27. The highest BCUT2D eigenvalue weighted by molar-refractivity contribution is 9.10. The van der Waals surface area contributed by atoms with Gasteiger partial charge in [0.2, 0.25) is 0 Å². The first kappa shape index (κ1) is 19.1. The molecule has 6 nitrogen and oxygen atoms in total. The zero-order valence-corrected chi connectivity index (χ0v) is 16.4. The lowest BCUT2D eigenvalue weighted by molar-refractivity contribution is -0.384. The lowest BCUT2D eigenvalue weighted by Gasteiger charge is -2.09. The van der Waals surface area contributed by atoms with Gasteiger partial charge >= 0.3 is 0 Å². The van der Waals surface area contributed by atoms with Crippen LogP contribution in [-0.4, -0.2) is 15.8 Å². The summed E-state index contributed by atoms with van der Waals surface area (Å²) in [4.78, 5) is 28.1. The summed E-state index contributed by atoms with van der Waals surface area (Å²) in [6.45, 7) is 0.272. The molecular weight excluding hydrogens is 430 g/mol. The molecule has 3 aromatic rings. The number of nitro benzene ring substituents is 1. The molecule has 8 heteroatoms. The normalized spacial score (nSPS) is 10.4. The van der Waals surface area contributed by atoms with E-state index in [0.29, 0.717) is 10.6 Å². The number of pyridine rings is 1. The van der Waals surface area contributed by atoms with E-state index >= 15 is 0 Å². The van der Waals surface area contributed by atoms with Crippen LogP contribution in [0.1, 0.15) is 15.9 Å². The third kappa shape index (κ3) is 5.15. The van der Waals surface area contributed by atoms with Crippen LogP contribution in [0, 0.1) is 10.1 Å². The fraction of sp³-hybridized carbons (Fsp3) is 0.0526. The summed E-state index contributed by atoms with van der Waals surface area (Å²) in [5.74, 6) is -0.249. The van der Waals surface area contributed by atoms with E-state index in [1.165, 1.54) is 23.9 Å². The van der Waals surface area contributed by atoms with Gasteiger partial charge in [-0.25, -0.2) is 4.98 Å². The van der Waals surface area contributed by atoms with Crippen LogP contribution in [0.15, 0.2) is 81.3 Å². The van der Waals surface area contributed by atoms with Crippen molar-refractivity contribution in [3.05, 3.63) is 92.6 Å². The van der Waals surface area contributed by atoms with E-state index in [9.17, 15) is 14.9 Å². The molecular formula is C19H14BrN3O3S. The van der Waals surface area contributed by atoms with Crippen molar-refractivity contribution in [2.24, 2.45) is 0 Å². The summed E-state index contributed by atoms with van der Waals surface area (Å²) < 4.78 is 0.980. The van der Waals surface area contributed by atoms with Gasteiger partial charge in [0.05, 0.1) is 10.5 Å². The molecule has 0 aliphatic heterocycles. The molecule has 1 N–H and O–H groups in total. The van der Waals surface area contributed by atoms with Gasteiger partial charge in [0.1, 0.15) is 5.03 Å². The summed E-state index contributed by atoms with van der Waals surface area (Å²) in [5.41, 5.74) is 1.28. The third-order valence-corrected chi connectivity index (χ3v) is 5.20. The number of halogens is 1. The van der Waals surface area contributed by atoms with Gasteiger partial charge in [-0.2, -0.15) is 0 Å². The first-order chi connectivity index (χ1) is 13.0. The van der Waals surface area contributed by atoms with Gasteiger partial charge in [0.25, 0.3) is 11.6 Å². The summed E-state index contributed by atoms with van der Waals surface area (Å²) >= 11 is 4.81. The van der Waals surface area contributed by atoms with Crippen LogP contribution < -0.4 is 5.32 Å². The van der Waals surface area contributed by atoms with Crippen molar-refractivity contribution in [3.63, 3.8) is 0 Å². The number of non-ortho nitro benzene ring substituents is 1. The quantitative estimate of drug-likeness (QED) is 0.435. The smallest absolute Gasteiger partial charge is 0.269 e. The number of hydrogen-bond donors (Lipinski definition) is 1. The molecule has 1 amide bonds. The van der Waals surface area contributed by atoms with Crippen molar-refractivity contribution in [2.45, 2.75) is 16.5 Å². The number of aromatic nitrogens is 1. The van der Waals surface area contributed by atoms with E-state index in [2.05, 4.69) is 26.2 Å². The Hall–Kier alpha value is -2.71. The predicted octanol–water partition coefficient (Wildman–Crippen LogP) is 4.83. The van der Waals surface area contributed by atoms with Crippen molar-refractivity contribution >= 4 is 39.3 Å². The number of nitro groups is 1. The van der Waals surface area contributed by atoms with Crippen molar-refractivity contribution in [2.75, 3.05) is 0 Å². The average molecular weight is 444 g/mol. The second kappa shape index (κ2) is 8.79. The van der Waals surface area contributed by atoms with Crippen molar-refractivity contribution in [1.29, 1.82) is 0 Å². The number of amides is 1. The topological polar surface area (TPSA) is 85.1 Å². The average Bonchev–Trinajstić information content (AvgIpc) is 2.68. The molecule has 0 aliphatic carbocycles. The molecule has 3 rings (SSSR count). The number of nitrogens with zero attached hydrogens (tertiary/aromatic N) is 2. The maximum Gasteiger partial charge on any atom is 0.269 e. The fourth-order valence-corrected chi connectivity index (χ4v) is 3.42. The highest BCUT2D eigenvalue weighted by atomic mass is 79.9. The zero-order valence-electron chi connectivity index (χ0n) is 14.0. The minimum absolute atomic E-state index is 0.0190. The minimum Gasteiger partial charge on any atom is -0.348 e. The Morgan fingerprint density at radius 2 is 1.81 bits per heavy atom. The first-order valence-electron chi connectivity index (χ1n) is 7.93. The monoisotopic (exact) mass is 443 g/mol. The summed E-state index contributed by atoms with van der Waals surface area (Å²) in [6.07, 6.45) is 1.65. The van der Waals surface area contributed by atoms with E-state index in [-0.39, 0.29) is 18.1 Å². The van der Waals surface area contributed by atoms with Crippen molar-refractivity contribution in [1.82, 2.24) is 10.3 Å². The van der Waals surface area contributed by atoms with Gasteiger partial charge < -0.3 is 5.32 Å². The van der Waals surface area contributed by atoms with Gasteiger partial charge in [0.15, 0.2) is 0 Å². The Morgan fingerprint density at radius 3 is 2.48 bits per heavy atom. The molecule has 0 bridgehead atoms. The lowest BCUT2D eigenvalue weighted by Crippen LogP contribution is -2.23. The van der Waals surface area contributed by atoms with Crippen LogP contribution >= 0.6 is 27.7 Å². The second-order valence-electron chi connectivity index (χ2n) is 5.52. The van der Waals surface area contributed by atoms with Crippen molar-refractivity contribution in [3.8, 4) is 0 Å². The maximum atomic E-state index is 12.6. The first-order valence-corrected chi connectivity index (χ1v) is 9.54. The molecule has 1 heterocycles. The maximum absolute atomic E-state index is 12.6. The van der Waals surface area contributed by atoms with Crippen LogP contribution in [0.2, 0.25) is 0 Å². The SMILES string of the molecule is O=C(NCc1ccc([N+](=O)[O-])cc1)c1cccnc1Sc1ccc(Br)cc1. The van der Waals surface area contributed by atoms with E-state index in [4.69, 9.17) is 0 Å². The Labute approximate surface area is 168 Å². The molecule has 0 radical (unpaired) electrons. The molecule has 0 unspecified atom stereocenters. The molecule has 0 saturated heterocycles. The van der Waals surface area contributed by atoms with Crippen LogP contribution in [-0.2, 0) is 6.54 Å². The van der Waals surface area contributed by atoms with Crippen LogP contribution in [0.4, 0.5) is 5.69 Å². The Bertz CT molecular complexity index is 963. The lowest BCUT2D eigenvalue weighted by atomic mass is 10.2. The largest absolute Gasteiger partial charge is 0.348 e. The van der Waals surface area contributed by atoms with Crippen LogP contribution in [0.5, 0.6) is 0 Å². The number of nitrogens with one attached hydrogen (secondary N) is 1. The third-order valence-electron chi connectivity index (χ3n) is 3.64. The summed E-state index contributed by atoms with van der Waals surface area (Å²) in [5, 5.41) is 14.1. The van der Waals surface area contributed by atoms with E-state index in [1.54, 1.807) is 30.5 Å². The minimum atomic E-state index is -0.455. The van der Waals surface area contributed by atoms with Gasteiger partial charge in [-0.15, -0.1) is 0 Å². The Kier molecular flexibility index (Phi) is 6.20. The van der Waals surface area contributed by atoms with E-state index in [1.807, 2.05) is 24.3 Å². The second-order valence-corrected chi connectivity index (χ2v) is 7.50. The standard InChI is InChI=1S/C19H14BrN3O3S/c20-14-5-9-16(10-6-14)27-19-17(2-1-11-21-19)18(24)22-12-13-3-7-15(8-4-13)23(25)26/h1-11H,12H2,(H,22,24).